The number of aliphatic hydroxyl groups is 2. The molecule has 226 valence electrons. The molecule has 0 saturated heterocycles. The molecule has 2 aromatic rings. The van der Waals surface area contributed by atoms with E-state index in [0.29, 0.717) is 47.8 Å². The number of hydrogen-bond donors (Lipinski definition) is 3. The van der Waals surface area contributed by atoms with Crippen LogP contribution in [0.4, 0.5) is 5.69 Å². The summed E-state index contributed by atoms with van der Waals surface area (Å²) in [5.41, 5.74) is 2.29. The molecule has 10 atom stereocenters. The van der Waals surface area contributed by atoms with Gasteiger partial charge in [-0.15, -0.1) is 0 Å². The standard InChI is InChI=1S/C36H54N2O3/c1-22(2)21-38-18-16-27-31(7-6-8-32(27)38)37-34(41)14-9-23(3)28-12-13-29-26-11-10-24-19-25(39)15-17-35(24,4)30(26)20-33(40)36(28,29)5/h6-8,16,18,22-26,28-30,33,39-40H,9-15,17,19-21H2,1-5H3,(H,37,41). The highest BCUT2D eigenvalue weighted by Crippen LogP contribution is 2.68. The Balaban J connectivity index is 1.10. The summed E-state index contributed by atoms with van der Waals surface area (Å²) in [7, 11) is 0. The number of aliphatic hydroxyl groups excluding tert-OH is 2. The van der Waals surface area contributed by atoms with Crippen LogP contribution >= 0.6 is 0 Å². The van der Waals surface area contributed by atoms with Gasteiger partial charge in [-0.25, -0.2) is 0 Å². The molecule has 0 aliphatic heterocycles. The summed E-state index contributed by atoms with van der Waals surface area (Å²) in [4.78, 5) is 13.2. The van der Waals surface area contributed by atoms with Crippen molar-refractivity contribution in [2.75, 3.05) is 5.32 Å². The van der Waals surface area contributed by atoms with Gasteiger partial charge < -0.3 is 20.1 Å². The minimum Gasteiger partial charge on any atom is -0.393 e. The first-order chi connectivity index (χ1) is 19.5. The van der Waals surface area contributed by atoms with Crippen molar-refractivity contribution >= 4 is 22.5 Å². The Morgan fingerprint density at radius 2 is 1.83 bits per heavy atom. The molecule has 4 aliphatic carbocycles. The number of amides is 1. The number of carbonyl (C=O) groups is 1. The van der Waals surface area contributed by atoms with Gasteiger partial charge in [0.1, 0.15) is 0 Å². The molecule has 4 saturated carbocycles. The Labute approximate surface area is 247 Å². The molecule has 4 aliphatic rings. The number of carbonyl (C=O) groups excluding carboxylic acids is 1. The largest absolute Gasteiger partial charge is 0.393 e. The van der Waals surface area contributed by atoms with Gasteiger partial charge in [0, 0.05) is 24.5 Å². The molecule has 10 unspecified atom stereocenters. The van der Waals surface area contributed by atoms with Crippen LogP contribution in [0.15, 0.2) is 30.5 Å². The Hall–Kier alpha value is -1.85. The quantitative estimate of drug-likeness (QED) is 0.325. The molecule has 6 rings (SSSR count). The van der Waals surface area contributed by atoms with Crippen molar-refractivity contribution in [2.45, 2.75) is 118 Å². The number of aromatic nitrogens is 1. The highest BCUT2D eigenvalue weighted by molar-refractivity contribution is 6.01. The molecule has 5 nitrogen and oxygen atoms in total. The number of rotatable bonds is 7. The van der Waals surface area contributed by atoms with E-state index in [0.717, 1.165) is 49.7 Å². The van der Waals surface area contributed by atoms with Crippen LogP contribution in [-0.2, 0) is 11.3 Å². The average molecular weight is 563 g/mol. The summed E-state index contributed by atoms with van der Waals surface area (Å²) >= 11 is 0. The maximum absolute atomic E-state index is 13.2. The summed E-state index contributed by atoms with van der Waals surface area (Å²) < 4.78 is 2.28. The third-order valence-electron chi connectivity index (χ3n) is 13.0. The SMILES string of the molecule is CC(C)Cn1ccc2c(NC(=O)CCC(C)C3CCC4C5CCC6CC(O)CCC6(C)C5CC(O)C34C)cccc21. The van der Waals surface area contributed by atoms with Crippen molar-refractivity contribution < 1.29 is 15.0 Å². The van der Waals surface area contributed by atoms with Crippen LogP contribution < -0.4 is 5.32 Å². The maximum Gasteiger partial charge on any atom is 0.224 e. The normalized spacial score (nSPS) is 39.3. The van der Waals surface area contributed by atoms with Crippen LogP contribution in [0.1, 0.15) is 98.8 Å². The third kappa shape index (κ3) is 4.97. The Morgan fingerprint density at radius 1 is 1.02 bits per heavy atom. The number of nitrogens with zero attached hydrogens (tertiary/aromatic N) is 1. The molecular weight excluding hydrogens is 508 g/mol. The zero-order valence-electron chi connectivity index (χ0n) is 26.1. The number of nitrogens with one attached hydrogen (secondary N) is 1. The zero-order valence-corrected chi connectivity index (χ0v) is 26.1. The molecule has 1 aromatic heterocycles. The van der Waals surface area contributed by atoms with Crippen LogP contribution in [0.25, 0.3) is 10.9 Å². The Kier molecular flexibility index (Phi) is 7.85. The van der Waals surface area contributed by atoms with Crippen molar-refractivity contribution in [2.24, 2.45) is 52.3 Å². The van der Waals surface area contributed by atoms with Gasteiger partial charge in [-0.05, 0) is 128 Å². The molecule has 41 heavy (non-hydrogen) atoms. The molecular formula is C36H54N2O3. The summed E-state index contributed by atoms with van der Waals surface area (Å²) in [6.07, 6.45) is 11.9. The Morgan fingerprint density at radius 3 is 2.61 bits per heavy atom. The van der Waals surface area contributed by atoms with Crippen molar-refractivity contribution in [1.29, 1.82) is 0 Å². The molecule has 0 spiro atoms. The number of fused-ring (bicyclic) bond motifs is 6. The summed E-state index contributed by atoms with van der Waals surface area (Å²) in [6, 6.07) is 8.31. The van der Waals surface area contributed by atoms with E-state index < -0.39 is 0 Å². The van der Waals surface area contributed by atoms with Gasteiger partial charge in [-0.1, -0.05) is 40.7 Å². The Bertz CT molecular complexity index is 1250. The smallest absolute Gasteiger partial charge is 0.224 e. The lowest BCUT2D eigenvalue weighted by atomic mass is 9.43. The third-order valence-corrected chi connectivity index (χ3v) is 13.0. The molecule has 0 bridgehead atoms. The van der Waals surface area contributed by atoms with Crippen molar-refractivity contribution in [3.63, 3.8) is 0 Å². The van der Waals surface area contributed by atoms with E-state index >= 15 is 0 Å². The number of benzene rings is 1. The van der Waals surface area contributed by atoms with Crippen molar-refractivity contribution in [3.8, 4) is 0 Å². The van der Waals surface area contributed by atoms with Gasteiger partial charge in [-0.3, -0.25) is 4.79 Å². The molecule has 5 heteroatoms. The van der Waals surface area contributed by atoms with Gasteiger partial charge >= 0.3 is 0 Å². The van der Waals surface area contributed by atoms with Crippen LogP contribution in [-0.4, -0.2) is 32.9 Å². The molecule has 1 amide bonds. The van der Waals surface area contributed by atoms with E-state index in [9.17, 15) is 15.0 Å². The van der Waals surface area contributed by atoms with Crippen molar-refractivity contribution in [1.82, 2.24) is 4.57 Å². The van der Waals surface area contributed by atoms with Crippen LogP contribution in [0.3, 0.4) is 0 Å². The van der Waals surface area contributed by atoms with Crippen LogP contribution in [0.2, 0.25) is 0 Å². The maximum atomic E-state index is 13.2. The molecule has 3 N–H and O–H groups in total. The number of anilines is 1. The second-order valence-electron chi connectivity index (χ2n) is 15.6. The van der Waals surface area contributed by atoms with Gasteiger partial charge in [0.25, 0.3) is 0 Å². The predicted octanol–water partition coefficient (Wildman–Crippen LogP) is 7.64. The fraction of sp³-hybridized carbons (Fsp3) is 0.750. The van der Waals surface area contributed by atoms with Gasteiger partial charge in [0.2, 0.25) is 5.91 Å². The van der Waals surface area contributed by atoms with E-state index in [-0.39, 0.29) is 28.9 Å². The molecule has 1 heterocycles. The second-order valence-corrected chi connectivity index (χ2v) is 15.6. The lowest BCUT2D eigenvalue weighted by Gasteiger charge is -2.62. The lowest BCUT2D eigenvalue weighted by Crippen LogP contribution is -2.58. The second kappa shape index (κ2) is 11.0. The predicted molar refractivity (Wildman–Crippen MR) is 166 cm³/mol. The van der Waals surface area contributed by atoms with Crippen LogP contribution in [0.5, 0.6) is 0 Å². The highest BCUT2D eigenvalue weighted by Gasteiger charge is 2.63. The first kappa shape index (κ1) is 29.2. The summed E-state index contributed by atoms with van der Waals surface area (Å²) in [6.45, 7) is 12.6. The first-order valence-corrected chi connectivity index (χ1v) is 16.8. The fourth-order valence-electron chi connectivity index (χ4n) is 10.8. The minimum absolute atomic E-state index is 0.0562. The highest BCUT2D eigenvalue weighted by atomic mass is 16.3. The van der Waals surface area contributed by atoms with Gasteiger partial charge in [0.15, 0.2) is 0 Å². The molecule has 0 radical (unpaired) electrons. The monoisotopic (exact) mass is 562 g/mol. The van der Waals surface area contributed by atoms with E-state index in [1.165, 1.54) is 31.2 Å². The molecule has 1 aromatic carbocycles. The zero-order chi connectivity index (χ0) is 29.1. The van der Waals surface area contributed by atoms with E-state index in [1.807, 2.05) is 12.1 Å². The number of hydrogen-bond acceptors (Lipinski definition) is 3. The van der Waals surface area contributed by atoms with E-state index in [2.05, 4.69) is 62.8 Å². The van der Waals surface area contributed by atoms with E-state index in [1.54, 1.807) is 0 Å². The van der Waals surface area contributed by atoms with Gasteiger partial charge in [0.05, 0.1) is 23.4 Å². The van der Waals surface area contributed by atoms with Crippen molar-refractivity contribution in [3.05, 3.63) is 30.5 Å². The van der Waals surface area contributed by atoms with E-state index in [4.69, 9.17) is 0 Å². The average Bonchev–Trinajstić information content (AvgIpc) is 3.50. The first-order valence-electron chi connectivity index (χ1n) is 16.8. The van der Waals surface area contributed by atoms with Crippen LogP contribution in [0, 0.1) is 52.3 Å². The fourth-order valence-corrected chi connectivity index (χ4v) is 10.8. The summed E-state index contributed by atoms with van der Waals surface area (Å²) in [5.74, 6) is 3.99. The molecule has 4 fully saturated rings. The van der Waals surface area contributed by atoms with Gasteiger partial charge in [-0.2, -0.15) is 0 Å². The summed E-state index contributed by atoms with van der Waals surface area (Å²) in [5, 5.41) is 26.6. The minimum atomic E-state index is -0.271. The lowest BCUT2D eigenvalue weighted by molar-refractivity contribution is -0.174. The topological polar surface area (TPSA) is 74.5 Å².